The van der Waals surface area contributed by atoms with Crippen LogP contribution >= 0.6 is 0 Å². The molecule has 1 fully saturated rings. The lowest BCUT2D eigenvalue weighted by Crippen LogP contribution is -2.23. The van der Waals surface area contributed by atoms with E-state index < -0.39 is 6.10 Å². The third-order valence-corrected chi connectivity index (χ3v) is 3.52. The molecular weight excluding hydrogens is 272 g/mol. The zero-order valence-corrected chi connectivity index (χ0v) is 12.0. The Hall–Kier alpha value is -2.06. The van der Waals surface area contributed by atoms with Crippen LogP contribution in [-0.2, 0) is 11.3 Å². The van der Waals surface area contributed by atoms with Crippen LogP contribution in [0.5, 0.6) is 0 Å². The molecule has 1 aliphatic rings. The van der Waals surface area contributed by atoms with E-state index >= 15 is 0 Å². The van der Waals surface area contributed by atoms with Crippen molar-refractivity contribution in [2.75, 3.05) is 25.1 Å². The molecular formula is C13H18N6O2. The van der Waals surface area contributed by atoms with Gasteiger partial charge in [0.2, 0.25) is 0 Å². The minimum atomic E-state index is -0.507. The Labute approximate surface area is 122 Å². The van der Waals surface area contributed by atoms with Crippen LogP contribution in [0.1, 0.15) is 17.6 Å². The van der Waals surface area contributed by atoms with Gasteiger partial charge in [-0.15, -0.1) is 5.10 Å². The van der Waals surface area contributed by atoms with E-state index in [4.69, 9.17) is 4.74 Å². The fraction of sp³-hybridized carbons (Fsp3) is 0.538. The van der Waals surface area contributed by atoms with Crippen molar-refractivity contribution in [2.24, 2.45) is 0 Å². The number of nitrogens with zero attached hydrogens (tertiary/aromatic N) is 6. The lowest BCUT2D eigenvalue weighted by atomic mass is 10.2. The second-order valence-corrected chi connectivity index (χ2v) is 5.14. The fourth-order valence-electron chi connectivity index (χ4n) is 2.58. The van der Waals surface area contributed by atoms with Gasteiger partial charge in [-0.3, -0.25) is 0 Å². The second-order valence-electron chi connectivity index (χ2n) is 5.14. The van der Waals surface area contributed by atoms with Crippen LogP contribution in [-0.4, -0.2) is 56.4 Å². The Morgan fingerprint density at radius 1 is 1.38 bits per heavy atom. The first-order valence-corrected chi connectivity index (χ1v) is 6.79. The van der Waals surface area contributed by atoms with E-state index in [2.05, 4.69) is 20.3 Å². The minimum Gasteiger partial charge on any atom is -0.389 e. The Morgan fingerprint density at radius 2 is 2.24 bits per heavy atom. The second kappa shape index (κ2) is 5.74. The molecule has 0 aliphatic carbocycles. The highest BCUT2D eigenvalue weighted by Crippen LogP contribution is 2.26. The summed E-state index contributed by atoms with van der Waals surface area (Å²) in [5, 5.41) is 18.0. The van der Waals surface area contributed by atoms with Crippen LogP contribution in [0.15, 0.2) is 18.5 Å². The van der Waals surface area contributed by atoms with E-state index in [1.54, 1.807) is 24.2 Å². The van der Waals surface area contributed by atoms with E-state index in [1.165, 1.54) is 0 Å². The molecule has 8 nitrogen and oxygen atoms in total. The van der Waals surface area contributed by atoms with Gasteiger partial charge in [0, 0.05) is 38.2 Å². The summed E-state index contributed by atoms with van der Waals surface area (Å²) < 4.78 is 6.78. The van der Waals surface area contributed by atoms with Gasteiger partial charge in [-0.05, 0) is 6.92 Å². The summed E-state index contributed by atoms with van der Waals surface area (Å²) in [6, 6.07) is 1.80. The first kappa shape index (κ1) is 13.9. The molecule has 21 heavy (non-hydrogen) atoms. The number of hydrogen-bond donors (Lipinski definition) is 1. The smallest absolute Gasteiger partial charge is 0.156 e. The van der Waals surface area contributed by atoms with Crippen molar-refractivity contribution in [3.8, 4) is 0 Å². The van der Waals surface area contributed by atoms with Crippen molar-refractivity contribution in [3.63, 3.8) is 0 Å². The maximum Gasteiger partial charge on any atom is 0.156 e. The predicted octanol–water partition coefficient (Wildman–Crippen LogP) is -0.0549. The molecule has 0 spiro atoms. The molecule has 2 aromatic rings. The van der Waals surface area contributed by atoms with Crippen molar-refractivity contribution >= 4 is 5.82 Å². The molecule has 3 rings (SSSR count). The van der Waals surface area contributed by atoms with Crippen molar-refractivity contribution in [2.45, 2.75) is 25.7 Å². The van der Waals surface area contributed by atoms with Gasteiger partial charge in [-0.1, -0.05) is 5.21 Å². The average Bonchev–Trinajstić information content (AvgIpc) is 3.07. The van der Waals surface area contributed by atoms with Crippen LogP contribution in [0.4, 0.5) is 5.82 Å². The lowest BCUT2D eigenvalue weighted by molar-refractivity contribution is 0.144. The predicted molar refractivity (Wildman–Crippen MR) is 74.8 cm³/mol. The van der Waals surface area contributed by atoms with Crippen molar-refractivity contribution in [1.29, 1.82) is 0 Å². The Balaban J connectivity index is 1.82. The van der Waals surface area contributed by atoms with Crippen LogP contribution in [0.3, 0.4) is 0 Å². The maximum absolute atomic E-state index is 10.2. The zero-order chi connectivity index (χ0) is 14.8. The summed E-state index contributed by atoms with van der Waals surface area (Å²) in [5.74, 6) is 1.45. The van der Waals surface area contributed by atoms with E-state index in [-0.39, 0.29) is 6.04 Å². The number of anilines is 1. The molecule has 8 heteroatoms. The molecule has 0 bridgehead atoms. The molecule has 3 heterocycles. The van der Waals surface area contributed by atoms with Gasteiger partial charge >= 0.3 is 0 Å². The fourth-order valence-corrected chi connectivity index (χ4v) is 2.58. The number of β-amino-alcohol motifs (C(OH)–C–C–N with tert-alkyl or cyclic N) is 1. The maximum atomic E-state index is 10.2. The summed E-state index contributed by atoms with van der Waals surface area (Å²) in [5.41, 5.74) is 0.880. The van der Waals surface area contributed by atoms with Gasteiger partial charge in [-0.25, -0.2) is 14.6 Å². The van der Waals surface area contributed by atoms with Crippen LogP contribution < -0.4 is 4.90 Å². The summed E-state index contributed by atoms with van der Waals surface area (Å²) in [6.45, 7) is 3.43. The van der Waals surface area contributed by atoms with Gasteiger partial charge < -0.3 is 14.7 Å². The summed E-state index contributed by atoms with van der Waals surface area (Å²) >= 11 is 0. The molecule has 0 saturated carbocycles. The number of aryl methyl sites for hydroxylation is 1. The molecule has 0 aromatic carbocycles. The van der Waals surface area contributed by atoms with Crippen LogP contribution in [0, 0.1) is 6.92 Å². The van der Waals surface area contributed by atoms with E-state index in [1.807, 2.05) is 17.9 Å². The highest BCUT2D eigenvalue weighted by Gasteiger charge is 2.34. The highest BCUT2D eigenvalue weighted by atomic mass is 16.5. The molecule has 2 atom stereocenters. The monoisotopic (exact) mass is 290 g/mol. The zero-order valence-electron chi connectivity index (χ0n) is 12.0. The average molecular weight is 290 g/mol. The van der Waals surface area contributed by atoms with Crippen molar-refractivity contribution < 1.29 is 9.84 Å². The van der Waals surface area contributed by atoms with Crippen molar-refractivity contribution in [3.05, 3.63) is 30.0 Å². The van der Waals surface area contributed by atoms with Gasteiger partial charge in [0.05, 0.1) is 18.3 Å². The number of aromatic nitrogens is 5. The van der Waals surface area contributed by atoms with Crippen molar-refractivity contribution in [1.82, 2.24) is 25.0 Å². The van der Waals surface area contributed by atoms with E-state index in [0.717, 1.165) is 11.5 Å². The third kappa shape index (κ3) is 2.86. The molecule has 0 radical (unpaired) electrons. The minimum absolute atomic E-state index is 0.117. The largest absolute Gasteiger partial charge is 0.389 e. The first-order chi connectivity index (χ1) is 10.2. The normalized spacial score (nSPS) is 22.0. The van der Waals surface area contributed by atoms with Gasteiger partial charge in [0.15, 0.2) is 5.82 Å². The van der Waals surface area contributed by atoms with Gasteiger partial charge in [0.1, 0.15) is 12.4 Å². The summed E-state index contributed by atoms with van der Waals surface area (Å²) in [4.78, 5) is 10.9. The molecule has 0 unspecified atom stereocenters. The molecule has 0 amide bonds. The molecule has 1 saturated heterocycles. The number of aliphatic hydroxyl groups excluding tert-OH is 1. The number of aliphatic hydroxyl groups is 1. The Kier molecular flexibility index (Phi) is 3.80. The van der Waals surface area contributed by atoms with Crippen LogP contribution in [0.2, 0.25) is 0 Å². The van der Waals surface area contributed by atoms with Gasteiger partial charge in [-0.2, -0.15) is 0 Å². The molecule has 112 valence electrons. The van der Waals surface area contributed by atoms with E-state index in [0.29, 0.717) is 25.5 Å². The SMILES string of the molecule is COCc1nc(C)cc(N2C[C@@H](O)[C@H](n3ccnn3)C2)n1. The Morgan fingerprint density at radius 3 is 2.95 bits per heavy atom. The van der Waals surface area contributed by atoms with Gasteiger partial charge in [0.25, 0.3) is 0 Å². The lowest BCUT2D eigenvalue weighted by Gasteiger charge is -2.18. The van der Waals surface area contributed by atoms with E-state index in [9.17, 15) is 5.11 Å². The number of methoxy groups -OCH3 is 1. The quantitative estimate of drug-likeness (QED) is 0.844. The summed E-state index contributed by atoms with van der Waals surface area (Å²) in [7, 11) is 1.62. The molecule has 2 aromatic heterocycles. The Bertz CT molecular complexity index is 603. The summed E-state index contributed by atoms with van der Waals surface area (Å²) in [6.07, 6.45) is 2.87. The topological polar surface area (TPSA) is 89.2 Å². The standard InChI is InChI=1S/C13H18N6O2/c1-9-5-13(16-12(15-9)8-21-2)18-6-10(11(20)7-18)19-4-3-14-17-19/h3-5,10-11,20H,6-8H2,1-2H3/t10-,11-/m1/s1. The number of ether oxygens (including phenoxy) is 1. The number of hydrogen-bond acceptors (Lipinski definition) is 7. The first-order valence-electron chi connectivity index (χ1n) is 6.79. The third-order valence-electron chi connectivity index (χ3n) is 3.52. The number of rotatable bonds is 4. The molecule has 1 N–H and O–H groups in total. The van der Waals surface area contributed by atoms with Crippen LogP contribution in [0.25, 0.3) is 0 Å². The molecule has 1 aliphatic heterocycles. The highest BCUT2D eigenvalue weighted by molar-refractivity contribution is 5.41.